The van der Waals surface area contributed by atoms with E-state index >= 15 is 0 Å². The van der Waals surface area contributed by atoms with E-state index in [2.05, 4.69) is 0 Å². The molecule has 33 heavy (non-hydrogen) atoms. The number of amides is 1. The molecule has 3 rings (SSSR count). The number of ether oxygens (including phenoxy) is 3. The monoisotopic (exact) mass is 471 g/mol. The fourth-order valence-electron chi connectivity index (χ4n) is 3.78. The van der Waals surface area contributed by atoms with Gasteiger partial charge in [-0.1, -0.05) is 0 Å². The Morgan fingerprint density at radius 2 is 1.61 bits per heavy atom. The van der Waals surface area contributed by atoms with E-state index in [1.807, 2.05) is 4.90 Å². The van der Waals surface area contributed by atoms with Crippen LogP contribution in [0.5, 0.6) is 0 Å². The lowest BCUT2D eigenvalue weighted by atomic mass is 10.1. The van der Waals surface area contributed by atoms with E-state index in [-0.39, 0.29) is 36.2 Å². The second-order valence-electron chi connectivity index (χ2n) is 7.41. The third-order valence-electron chi connectivity index (χ3n) is 5.49. The second kappa shape index (κ2) is 9.69. The van der Waals surface area contributed by atoms with Crippen LogP contribution in [0, 0.1) is 0 Å². The maximum Gasteiger partial charge on any atom is 0.416 e. The summed E-state index contributed by atoms with van der Waals surface area (Å²) in [5, 5.41) is 0. The molecule has 0 atom stereocenters. The molecule has 1 fully saturated rings. The van der Waals surface area contributed by atoms with Crippen molar-refractivity contribution in [2.75, 3.05) is 63.5 Å². The van der Waals surface area contributed by atoms with E-state index < -0.39 is 23.7 Å². The van der Waals surface area contributed by atoms with Crippen LogP contribution in [0.4, 0.5) is 24.5 Å². The zero-order chi connectivity index (χ0) is 24.3. The number of esters is 2. The summed E-state index contributed by atoms with van der Waals surface area (Å²) < 4.78 is 55.6. The van der Waals surface area contributed by atoms with Gasteiger partial charge in [-0.25, -0.2) is 9.59 Å². The number of carbonyl (C=O) groups excluding carboxylic acids is 3. The molecule has 1 saturated heterocycles. The molecule has 2 heterocycles. The number of carbonyl (C=O) groups is 3. The van der Waals surface area contributed by atoms with Crippen molar-refractivity contribution < 1.29 is 41.8 Å². The molecule has 12 heteroatoms. The topological polar surface area (TPSA) is 88.6 Å². The number of halogens is 3. The van der Waals surface area contributed by atoms with Gasteiger partial charge < -0.3 is 28.9 Å². The first-order valence-electron chi connectivity index (χ1n) is 10.0. The third-order valence-corrected chi connectivity index (χ3v) is 5.49. The molecule has 0 saturated carbocycles. The van der Waals surface area contributed by atoms with Crippen LogP contribution in [0.3, 0.4) is 0 Å². The van der Waals surface area contributed by atoms with Crippen LogP contribution in [-0.2, 0) is 34.8 Å². The average Bonchev–Trinajstić information content (AvgIpc) is 2.81. The first kappa shape index (κ1) is 24.4. The lowest BCUT2D eigenvalue weighted by Gasteiger charge is -2.39. The number of anilines is 2. The molecule has 180 valence electrons. The maximum atomic E-state index is 13.5. The van der Waals surface area contributed by atoms with Gasteiger partial charge in [-0.2, -0.15) is 13.2 Å². The molecule has 0 aromatic heterocycles. The molecule has 2 aliphatic heterocycles. The molecular weight excluding hydrogens is 447 g/mol. The Bertz CT molecular complexity index is 970. The first-order valence-corrected chi connectivity index (χ1v) is 10.0. The third kappa shape index (κ3) is 5.05. The van der Waals surface area contributed by atoms with Crippen molar-refractivity contribution in [1.82, 2.24) is 4.90 Å². The Hall–Kier alpha value is -3.28. The highest BCUT2D eigenvalue weighted by Crippen LogP contribution is 2.40. The molecule has 2 aliphatic rings. The van der Waals surface area contributed by atoms with Gasteiger partial charge >= 0.3 is 18.1 Å². The van der Waals surface area contributed by atoms with E-state index in [4.69, 9.17) is 14.2 Å². The van der Waals surface area contributed by atoms with Gasteiger partial charge in [0, 0.05) is 33.1 Å². The van der Waals surface area contributed by atoms with Crippen LogP contribution in [0.15, 0.2) is 29.5 Å². The maximum absolute atomic E-state index is 13.5. The predicted octanol–water partition coefficient (Wildman–Crippen LogP) is 1.77. The van der Waals surface area contributed by atoms with Gasteiger partial charge in [-0.3, -0.25) is 4.79 Å². The van der Waals surface area contributed by atoms with Crippen molar-refractivity contribution in [3.63, 3.8) is 0 Å². The van der Waals surface area contributed by atoms with Gasteiger partial charge in [-0.05, 0) is 18.2 Å². The summed E-state index contributed by atoms with van der Waals surface area (Å²) >= 11 is 0. The highest BCUT2D eigenvalue weighted by molar-refractivity contribution is 6.04. The van der Waals surface area contributed by atoms with Crippen molar-refractivity contribution >= 4 is 29.2 Å². The number of benzene rings is 1. The number of rotatable bonds is 4. The number of hydrogen-bond donors (Lipinski definition) is 0. The fourth-order valence-corrected chi connectivity index (χ4v) is 3.78. The zero-order valence-corrected chi connectivity index (χ0v) is 18.4. The molecule has 1 amide bonds. The van der Waals surface area contributed by atoms with Crippen molar-refractivity contribution in [2.24, 2.45) is 0 Å². The Balaban J connectivity index is 2.13. The molecule has 0 unspecified atom stereocenters. The lowest BCUT2D eigenvalue weighted by molar-refractivity contribution is -0.140. The predicted molar refractivity (Wildman–Crippen MR) is 110 cm³/mol. The molecule has 0 bridgehead atoms. The summed E-state index contributed by atoms with van der Waals surface area (Å²) in [5.41, 5.74) is -0.943. The summed E-state index contributed by atoms with van der Waals surface area (Å²) in [6, 6.07) is 3.16. The minimum Gasteiger partial charge on any atom is -0.466 e. The van der Waals surface area contributed by atoms with E-state index in [0.29, 0.717) is 31.9 Å². The molecule has 0 radical (unpaired) electrons. The number of hydrogen-bond acceptors (Lipinski definition) is 8. The van der Waals surface area contributed by atoms with Gasteiger partial charge in [0.05, 0.1) is 43.3 Å². The van der Waals surface area contributed by atoms with Gasteiger partial charge in [-0.15, -0.1) is 0 Å². The normalized spacial score (nSPS) is 17.2. The second-order valence-corrected chi connectivity index (χ2v) is 7.41. The van der Waals surface area contributed by atoms with Gasteiger partial charge in [0.15, 0.2) is 0 Å². The van der Waals surface area contributed by atoms with Crippen LogP contribution in [-0.4, -0.2) is 76.5 Å². The van der Waals surface area contributed by atoms with Crippen molar-refractivity contribution in [3.8, 4) is 0 Å². The first-order chi connectivity index (χ1) is 15.6. The Morgan fingerprint density at radius 1 is 0.970 bits per heavy atom. The highest BCUT2D eigenvalue weighted by atomic mass is 19.4. The van der Waals surface area contributed by atoms with Crippen molar-refractivity contribution in [2.45, 2.75) is 13.1 Å². The smallest absolute Gasteiger partial charge is 0.416 e. The fraction of sp³-hybridized carbons (Fsp3) is 0.476. The number of piperazine rings is 1. The molecule has 1 aromatic rings. The van der Waals surface area contributed by atoms with E-state index in [1.54, 1.807) is 4.90 Å². The lowest BCUT2D eigenvalue weighted by Crippen LogP contribution is -2.48. The summed E-state index contributed by atoms with van der Waals surface area (Å²) in [4.78, 5) is 41.2. The quantitative estimate of drug-likeness (QED) is 0.614. The minimum atomic E-state index is -4.64. The number of alkyl halides is 3. The summed E-state index contributed by atoms with van der Waals surface area (Å²) in [6.45, 7) is 2.41. The largest absolute Gasteiger partial charge is 0.466 e. The molecule has 0 N–H and O–H groups in total. The summed E-state index contributed by atoms with van der Waals surface area (Å²) in [7, 11) is 2.22. The van der Waals surface area contributed by atoms with Crippen LogP contribution >= 0.6 is 0 Å². The van der Waals surface area contributed by atoms with Crippen LogP contribution in [0.2, 0.25) is 0 Å². The van der Waals surface area contributed by atoms with Gasteiger partial charge in [0.25, 0.3) is 0 Å². The van der Waals surface area contributed by atoms with Gasteiger partial charge in [0.2, 0.25) is 5.91 Å². The molecular formula is C21H24F3N3O6. The SMILES string of the molecule is COC(=O)C1=C(C(=O)OC)N(c2cc(C(F)(F)F)ccc2N2CCN(C(C)=O)CC2)COC1. The zero-order valence-electron chi connectivity index (χ0n) is 18.4. The minimum absolute atomic E-state index is 0.0163. The van der Waals surface area contributed by atoms with Gasteiger partial charge in [0.1, 0.15) is 12.4 Å². The standard InChI is InChI=1S/C21H24F3N3O6/c1-13(28)25-6-8-26(9-7-25)16-5-4-14(21(22,23)24)10-17(16)27-12-33-11-15(19(29)31-2)18(27)20(30)32-3/h4-5,10H,6-9,11-12H2,1-3H3. The molecule has 9 nitrogen and oxygen atoms in total. The van der Waals surface area contributed by atoms with Crippen molar-refractivity contribution in [3.05, 3.63) is 35.0 Å². The van der Waals surface area contributed by atoms with E-state index in [0.717, 1.165) is 26.4 Å². The van der Waals surface area contributed by atoms with E-state index in [9.17, 15) is 27.6 Å². The Morgan fingerprint density at radius 3 is 2.15 bits per heavy atom. The summed E-state index contributed by atoms with van der Waals surface area (Å²) in [5.74, 6) is -1.86. The van der Waals surface area contributed by atoms with Crippen LogP contribution in [0.25, 0.3) is 0 Å². The number of methoxy groups -OCH3 is 2. The van der Waals surface area contributed by atoms with Crippen LogP contribution < -0.4 is 9.80 Å². The number of nitrogens with zero attached hydrogens (tertiary/aromatic N) is 3. The van der Waals surface area contributed by atoms with Crippen molar-refractivity contribution in [1.29, 1.82) is 0 Å². The Labute approximate surface area is 188 Å². The average molecular weight is 471 g/mol. The summed E-state index contributed by atoms with van der Waals surface area (Å²) in [6.07, 6.45) is -4.64. The molecule has 1 aromatic carbocycles. The van der Waals surface area contributed by atoms with Crippen LogP contribution in [0.1, 0.15) is 12.5 Å². The van der Waals surface area contributed by atoms with E-state index in [1.165, 1.54) is 17.9 Å². The molecule has 0 spiro atoms. The Kier molecular flexibility index (Phi) is 7.15. The highest BCUT2D eigenvalue weighted by Gasteiger charge is 2.37. The molecule has 0 aliphatic carbocycles.